The first-order valence-corrected chi connectivity index (χ1v) is 7.23. The topological polar surface area (TPSA) is 17.3 Å². The second-order valence-electron chi connectivity index (χ2n) is 4.52. The highest BCUT2D eigenvalue weighted by Crippen LogP contribution is 2.30. The van der Waals surface area contributed by atoms with E-state index in [0.717, 1.165) is 28.4 Å². The van der Waals surface area contributed by atoms with E-state index in [1.807, 2.05) is 28.8 Å². The van der Waals surface area contributed by atoms with Crippen LogP contribution in [0.5, 0.6) is 0 Å². The Morgan fingerprint density at radius 2 is 1.81 bits per heavy atom. The van der Waals surface area contributed by atoms with E-state index in [2.05, 4.69) is 4.98 Å². The molecule has 108 valence electrons. The van der Waals surface area contributed by atoms with Gasteiger partial charge in [0.1, 0.15) is 0 Å². The average molecular weight is 308 g/mol. The third-order valence-electron chi connectivity index (χ3n) is 3.05. The fourth-order valence-corrected chi connectivity index (χ4v) is 2.88. The minimum Gasteiger partial charge on any atom is -0.295 e. The van der Waals surface area contributed by atoms with Gasteiger partial charge in [-0.15, -0.1) is 0 Å². The Hall–Kier alpha value is -1.95. The predicted molar refractivity (Wildman–Crippen MR) is 76.2 cm³/mol. The molecule has 2 aromatic heterocycles. The van der Waals surface area contributed by atoms with E-state index in [9.17, 15) is 13.2 Å². The van der Waals surface area contributed by atoms with E-state index in [1.165, 1.54) is 23.9 Å². The van der Waals surface area contributed by atoms with Crippen molar-refractivity contribution in [2.24, 2.45) is 0 Å². The third kappa shape index (κ3) is 3.05. The van der Waals surface area contributed by atoms with Crippen LogP contribution in [-0.2, 0) is 11.9 Å². The maximum absolute atomic E-state index is 12.5. The van der Waals surface area contributed by atoms with Crippen LogP contribution in [0.3, 0.4) is 0 Å². The molecule has 0 atom stereocenters. The number of nitrogens with zero attached hydrogens (tertiary/aromatic N) is 2. The molecule has 0 bridgehead atoms. The number of thioether (sulfide) groups is 1. The van der Waals surface area contributed by atoms with Gasteiger partial charge in [0.05, 0.1) is 17.3 Å². The minimum absolute atomic E-state index is 0.576. The van der Waals surface area contributed by atoms with E-state index < -0.39 is 11.7 Å². The summed E-state index contributed by atoms with van der Waals surface area (Å²) in [7, 11) is 0. The second kappa shape index (κ2) is 5.44. The Balaban J connectivity index is 1.73. The molecule has 0 spiro atoms. The summed E-state index contributed by atoms with van der Waals surface area (Å²) in [6.07, 6.45) is -0.600. The van der Waals surface area contributed by atoms with Crippen molar-refractivity contribution >= 4 is 17.3 Å². The largest absolute Gasteiger partial charge is 0.416 e. The van der Waals surface area contributed by atoms with Crippen molar-refractivity contribution in [2.75, 3.05) is 0 Å². The van der Waals surface area contributed by atoms with E-state index in [0.29, 0.717) is 5.75 Å². The molecule has 0 radical (unpaired) electrons. The number of hydrogen-bond acceptors (Lipinski definition) is 2. The molecule has 0 fully saturated rings. The zero-order valence-corrected chi connectivity index (χ0v) is 11.7. The number of fused-ring (bicyclic) bond motifs is 1. The lowest BCUT2D eigenvalue weighted by Gasteiger charge is -2.07. The Bertz CT molecular complexity index is 747. The van der Waals surface area contributed by atoms with Crippen LogP contribution in [0.25, 0.3) is 5.52 Å². The molecule has 6 heteroatoms. The summed E-state index contributed by atoms with van der Waals surface area (Å²) in [5, 5.41) is 0.825. The Morgan fingerprint density at radius 1 is 1.05 bits per heavy atom. The predicted octanol–water partition coefficient (Wildman–Crippen LogP) is 4.65. The van der Waals surface area contributed by atoms with Gasteiger partial charge in [0.25, 0.3) is 0 Å². The average Bonchev–Trinajstić information content (AvgIpc) is 2.88. The quantitative estimate of drug-likeness (QED) is 0.655. The van der Waals surface area contributed by atoms with Gasteiger partial charge in [-0.1, -0.05) is 30.0 Å². The Morgan fingerprint density at radius 3 is 2.52 bits per heavy atom. The number of aromatic nitrogens is 2. The zero-order chi connectivity index (χ0) is 14.9. The number of halogens is 3. The smallest absolute Gasteiger partial charge is 0.295 e. The molecule has 0 aliphatic carbocycles. The highest BCUT2D eigenvalue weighted by molar-refractivity contribution is 7.98. The number of hydrogen-bond donors (Lipinski definition) is 0. The van der Waals surface area contributed by atoms with Gasteiger partial charge in [0.15, 0.2) is 5.16 Å². The lowest BCUT2D eigenvalue weighted by atomic mass is 10.1. The van der Waals surface area contributed by atoms with Crippen LogP contribution in [0.15, 0.2) is 60.0 Å². The standard InChI is InChI=1S/C15H11F3N2S/c16-15(17,18)12-6-4-11(5-7-12)10-21-14-19-9-13-3-1-2-8-20(13)14/h1-9H,10H2. The van der Waals surface area contributed by atoms with Crippen LogP contribution in [0, 0.1) is 0 Å². The first-order chi connectivity index (χ1) is 10.0. The summed E-state index contributed by atoms with van der Waals surface area (Å²) in [4.78, 5) is 4.31. The van der Waals surface area contributed by atoms with Gasteiger partial charge in [-0.25, -0.2) is 4.98 Å². The van der Waals surface area contributed by atoms with Crippen molar-refractivity contribution in [3.05, 3.63) is 66.0 Å². The summed E-state index contributed by atoms with van der Waals surface area (Å²) in [5.41, 5.74) is 1.20. The molecular formula is C15H11F3N2S. The molecule has 3 aromatic rings. The minimum atomic E-state index is -4.29. The monoisotopic (exact) mass is 308 g/mol. The highest BCUT2D eigenvalue weighted by Gasteiger charge is 2.29. The van der Waals surface area contributed by atoms with Crippen LogP contribution in [0.2, 0.25) is 0 Å². The molecule has 3 rings (SSSR count). The van der Waals surface area contributed by atoms with Crippen molar-refractivity contribution in [2.45, 2.75) is 17.1 Å². The highest BCUT2D eigenvalue weighted by atomic mass is 32.2. The second-order valence-corrected chi connectivity index (χ2v) is 5.46. The molecule has 0 amide bonds. The maximum atomic E-state index is 12.5. The molecule has 0 N–H and O–H groups in total. The van der Waals surface area contributed by atoms with Crippen molar-refractivity contribution in [1.29, 1.82) is 0 Å². The lowest BCUT2D eigenvalue weighted by Crippen LogP contribution is -2.04. The van der Waals surface area contributed by atoms with Gasteiger partial charge < -0.3 is 0 Å². The van der Waals surface area contributed by atoms with Crippen molar-refractivity contribution in [1.82, 2.24) is 9.38 Å². The summed E-state index contributed by atoms with van der Waals surface area (Å²) in [6.45, 7) is 0. The Labute approximate surface area is 123 Å². The van der Waals surface area contributed by atoms with E-state index >= 15 is 0 Å². The van der Waals surface area contributed by atoms with Crippen LogP contribution in [0.4, 0.5) is 13.2 Å². The first kappa shape index (κ1) is 14.0. The molecule has 0 saturated heterocycles. The third-order valence-corrected chi connectivity index (χ3v) is 4.09. The molecule has 2 heterocycles. The lowest BCUT2D eigenvalue weighted by molar-refractivity contribution is -0.137. The molecule has 0 unspecified atom stereocenters. The van der Waals surface area contributed by atoms with E-state index in [1.54, 1.807) is 6.20 Å². The number of imidazole rings is 1. The molecule has 0 aliphatic heterocycles. The number of benzene rings is 1. The number of rotatable bonds is 3. The van der Waals surface area contributed by atoms with Gasteiger partial charge in [-0.05, 0) is 29.8 Å². The van der Waals surface area contributed by atoms with Gasteiger partial charge in [-0.3, -0.25) is 4.40 Å². The van der Waals surface area contributed by atoms with Gasteiger partial charge in [0, 0.05) is 11.9 Å². The molecule has 2 nitrogen and oxygen atoms in total. The SMILES string of the molecule is FC(F)(F)c1ccc(CSc2ncc3ccccn23)cc1. The van der Waals surface area contributed by atoms with E-state index in [4.69, 9.17) is 0 Å². The molecule has 21 heavy (non-hydrogen) atoms. The van der Waals surface area contributed by atoms with Gasteiger partial charge in [-0.2, -0.15) is 13.2 Å². The van der Waals surface area contributed by atoms with Crippen molar-refractivity contribution < 1.29 is 13.2 Å². The number of pyridine rings is 1. The Kier molecular flexibility index (Phi) is 3.63. The zero-order valence-electron chi connectivity index (χ0n) is 10.8. The fourth-order valence-electron chi connectivity index (χ4n) is 1.96. The van der Waals surface area contributed by atoms with E-state index in [-0.39, 0.29) is 0 Å². The summed E-state index contributed by atoms with van der Waals surface area (Å²) in [5.74, 6) is 0.576. The molecule has 0 aliphatic rings. The van der Waals surface area contributed by atoms with Crippen LogP contribution in [0.1, 0.15) is 11.1 Å². The molecule has 1 aromatic carbocycles. The molecule has 0 saturated carbocycles. The molecular weight excluding hydrogens is 297 g/mol. The fraction of sp³-hybridized carbons (Fsp3) is 0.133. The summed E-state index contributed by atoms with van der Waals surface area (Å²) < 4.78 is 39.4. The van der Waals surface area contributed by atoms with Gasteiger partial charge >= 0.3 is 6.18 Å². The van der Waals surface area contributed by atoms with Crippen LogP contribution < -0.4 is 0 Å². The maximum Gasteiger partial charge on any atom is 0.416 e. The van der Waals surface area contributed by atoms with Crippen LogP contribution >= 0.6 is 11.8 Å². The summed E-state index contributed by atoms with van der Waals surface area (Å²) >= 11 is 1.49. The summed E-state index contributed by atoms with van der Waals surface area (Å²) in [6, 6.07) is 11.0. The first-order valence-electron chi connectivity index (χ1n) is 6.25. The van der Waals surface area contributed by atoms with Gasteiger partial charge in [0.2, 0.25) is 0 Å². The normalized spacial score (nSPS) is 12.0. The number of alkyl halides is 3. The van der Waals surface area contributed by atoms with Crippen LogP contribution in [-0.4, -0.2) is 9.38 Å². The van der Waals surface area contributed by atoms with Crippen molar-refractivity contribution in [3.63, 3.8) is 0 Å². The van der Waals surface area contributed by atoms with Crippen molar-refractivity contribution in [3.8, 4) is 0 Å².